The highest BCUT2D eigenvalue weighted by Crippen LogP contribution is 2.69. The van der Waals surface area contributed by atoms with E-state index in [4.69, 9.17) is 11.0 Å². The normalized spacial score (nSPS) is 28.4. The molecule has 4 aromatic heterocycles. The van der Waals surface area contributed by atoms with Gasteiger partial charge in [0.1, 0.15) is 28.2 Å². The topological polar surface area (TPSA) is 15.5 Å². The first-order valence-corrected chi connectivity index (χ1v) is 32.8. The van der Waals surface area contributed by atoms with Crippen molar-refractivity contribution in [2.24, 2.45) is 39.0 Å². The zero-order valence-electron chi connectivity index (χ0n) is 66.1. The lowest BCUT2D eigenvalue weighted by Crippen LogP contribution is -2.36. The van der Waals surface area contributed by atoms with Crippen LogP contribution < -0.4 is 18.3 Å². The maximum Gasteiger partial charge on any atom is 0.212 e. The van der Waals surface area contributed by atoms with Crippen LogP contribution in [0.15, 0.2) is 122 Å². The van der Waals surface area contributed by atoms with E-state index in [0.717, 1.165) is 76.0 Å². The van der Waals surface area contributed by atoms with Gasteiger partial charge in [-0.2, -0.15) is 0 Å². The van der Waals surface area contributed by atoms with Gasteiger partial charge in [-0.25, -0.2) is 18.3 Å². The fraction of sp³-hybridized carbons (Fsp3) is 0.476. The lowest BCUT2D eigenvalue weighted by atomic mass is 9.69. The number of benzene rings is 4. The van der Waals surface area contributed by atoms with Gasteiger partial charge in [-0.15, -0.1) is 0 Å². The molecule has 3 fully saturated rings. The first kappa shape index (κ1) is 51.2. The third-order valence-electron chi connectivity index (χ3n) is 23.8. The minimum absolute atomic E-state index is 0.0283. The SMILES string of the molecule is Cc1ccc(-c2cc3c(c[n+]2C)C(C)(C)CC3(C)C)c(C)c1.Cc1ccc(-c2cc3c(c[n+]2C)C2(C)CCC3C2(C)C)c(C)c1.[2H]C([2H])([2H])c1ccc(-c2cc3c(c[n+]2C)C2(C)CCC3([2H])C2(C)C)c(C)c1.[2H]C([2H])([2H])c1ccc(-c2cc3c(c[n+]2C)C2([2H])CCC3([2H])C2)c(C)c1. The van der Waals surface area contributed by atoms with Gasteiger partial charge in [0.15, 0.2) is 24.8 Å². The molecule has 0 spiro atoms. The summed E-state index contributed by atoms with van der Waals surface area (Å²) in [5.74, 6) is -1.11. The van der Waals surface area contributed by atoms with Crippen molar-refractivity contribution in [2.75, 3.05) is 0 Å². The van der Waals surface area contributed by atoms with E-state index in [-0.39, 0.29) is 21.7 Å². The molecule has 3 saturated carbocycles. The predicted molar refractivity (Wildman–Crippen MR) is 366 cm³/mol. The van der Waals surface area contributed by atoms with E-state index >= 15 is 0 Å². The molecule has 458 valence electrons. The average molecular weight is 1180 g/mol. The highest BCUT2D eigenvalue weighted by Gasteiger charge is 2.62. The van der Waals surface area contributed by atoms with Crippen LogP contribution in [0, 0.1) is 66.1 Å². The molecule has 0 aliphatic heterocycles. The van der Waals surface area contributed by atoms with Crippen LogP contribution in [0.1, 0.15) is 246 Å². The smallest absolute Gasteiger partial charge is 0.201 e. The first-order valence-electron chi connectivity index (χ1n) is 37.3. The second kappa shape index (κ2) is 21.6. The number of aryl methyl sites for hydroxylation is 12. The maximum absolute atomic E-state index is 9.30. The van der Waals surface area contributed by atoms with Gasteiger partial charge in [0.25, 0.3) is 0 Å². The van der Waals surface area contributed by atoms with E-state index in [1.165, 1.54) is 80.7 Å². The summed E-state index contributed by atoms with van der Waals surface area (Å²) in [6.07, 6.45) is 16.9. The van der Waals surface area contributed by atoms with Gasteiger partial charge in [-0.3, -0.25) is 0 Å². The molecule has 7 aliphatic carbocycles. The van der Waals surface area contributed by atoms with Crippen molar-refractivity contribution in [3.63, 3.8) is 0 Å². The van der Waals surface area contributed by atoms with Crippen LogP contribution in [-0.4, -0.2) is 0 Å². The maximum atomic E-state index is 9.30. The summed E-state index contributed by atoms with van der Waals surface area (Å²) in [5, 5.41) is 0. The fourth-order valence-electron chi connectivity index (χ4n) is 18.2. The largest absolute Gasteiger partial charge is 0.212 e. The summed E-state index contributed by atoms with van der Waals surface area (Å²) >= 11 is 0. The summed E-state index contributed by atoms with van der Waals surface area (Å²) in [7, 11) is 8.39. The van der Waals surface area contributed by atoms with Crippen LogP contribution in [0.5, 0.6) is 0 Å². The van der Waals surface area contributed by atoms with Gasteiger partial charge in [0, 0.05) is 91.9 Å². The number of hydrogen-bond donors (Lipinski definition) is 0. The Morgan fingerprint density at radius 3 is 1.27 bits per heavy atom. The number of nitrogens with zero attached hydrogens (tertiary/aromatic N) is 4. The summed E-state index contributed by atoms with van der Waals surface area (Å²) < 4.78 is 81.2. The Labute approximate surface area is 544 Å². The quantitative estimate of drug-likeness (QED) is 0.156. The Balaban J connectivity index is 0.000000124. The van der Waals surface area contributed by atoms with E-state index in [2.05, 4.69) is 204 Å². The van der Waals surface area contributed by atoms with Gasteiger partial charge in [0.05, 0.1) is 0 Å². The molecule has 0 radical (unpaired) electrons. The van der Waals surface area contributed by atoms with E-state index in [1.807, 2.05) is 50.8 Å². The van der Waals surface area contributed by atoms with Crippen LogP contribution in [0.25, 0.3) is 45.0 Å². The van der Waals surface area contributed by atoms with Crippen molar-refractivity contribution < 1.29 is 30.6 Å². The second-order valence-corrected chi connectivity index (χ2v) is 31.0. The second-order valence-electron chi connectivity index (χ2n) is 31.0. The molecule has 4 heteroatoms. The number of rotatable bonds is 4. The molecule has 4 nitrogen and oxygen atoms in total. The third kappa shape index (κ3) is 9.89. The molecule has 8 aromatic rings. The lowest BCUT2D eigenvalue weighted by Gasteiger charge is -2.34. The number of fused-ring (bicyclic) bond motifs is 16. The Hall–Kier alpha value is -6.52. The molecule has 4 aromatic carbocycles. The van der Waals surface area contributed by atoms with Crippen LogP contribution in [0.4, 0.5) is 0 Å². The molecule has 6 atom stereocenters. The molecule has 0 amide bonds. The summed E-state index contributed by atoms with van der Waals surface area (Å²) in [4.78, 5) is 0. The molecule has 15 rings (SSSR count). The monoisotopic (exact) mass is 1180 g/mol. The molecule has 6 bridgehead atoms. The van der Waals surface area contributed by atoms with Gasteiger partial charge >= 0.3 is 0 Å². The summed E-state index contributed by atoms with van der Waals surface area (Å²) in [6, 6.07) is 33.4. The van der Waals surface area contributed by atoms with Crippen LogP contribution in [-0.2, 0) is 49.9 Å². The minimum Gasteiger partial charge on any atom is -0.201 e. The van der Waals surface area contributed by atoms with E-state index < -0.39 is 31.4 Å². The predicted octanol–water partition coefficient (Wildman–Crippen LogP) is 18.9. The van der Waals surface area contributed by atoms with Crippen molar-refractivity contribution in [3.8, 4) is 45.0 Å². The van der Waals surface area contributed by atoms with E-state index in [0.29, 0.717) is 34.3 Å². The van der Waals surface area contributed by atoms with Gasteiger partial charge in [0.2, 0.25) is 22.8 Å². The molecular weight excluding hydrogens is 1060 g/mol. The van der Waals surface area contributed by atoms with Crippen molar-refractivity contribution in [3.05, 3.63) is 211 Å². The van der Waals surface area contributed by atoms with Gasteiger partial charge < -0.3 is 0 Å². The summed E-state index contributed by atoms with van der Waals surface area (Å²) in [5.41, 5.74) is 29.2. The minimum atomic E-state index is -2.11. The molecule has 7 aliphatic rings. The standard InChI is InChI=1S/2C22H28N.C21H28N.C19H22N/c2*1-14-7-8-16(15(2)11-14)20-12-17-18-9-10-22(5,21(18,3)4)19(17)13-23(20)6;1-14-8-9-16(15(2)10-14)19-11-17-18(12-22(19)7)21(5,6)13-20(17,3)4;1-12-4-7-16(13(2)8-12)19-10-17-14-5-6-15(9-14)18(17)11-20(19)3/h2*7-8,11-13,18H,9-10H2,1-6H3;8-12H,13H2,1-7H3;4,7-8,10-11,14-15H,5-6,9H2,1-3H3/q4*+1/i1D3,18D;;;1D3,14D,15D. The average Bonchev–Trinajstić information content (AvgIpc) is 1.51. The Bertz CT molecular complexity index is 4570. The zero-order chi connectivity index (χ0) is 71.0. The van der Waals surface area contributed by atoms with E-state index in [9.17, 15) is 1.37 Å². The number of hydrogen-bond acceptors (Lipinski definition) is 0. The molecule has 88 heavy (non-hydrogen) atoms. The summed E-state index contributed by atoms with van der Waals surface area (Å²) in [6.45, 7) is 32.2. The third-order valence-corrected chi connectivity index (χ3v) is 23.8. The molecular formula is C84H106N4+4. The number of aromatic nitrogens is 4. The molecule has 4 heterocycles. The van der Waals surface area contributed by atoms with Crippen molar-refractivity contribution in [1.29, 1.82) is 0 Å². The van der Waals surface area contributed by atoms with Gasteiger partial charge in [-0.05, 0) is 221 Å². The molecule has 6 unspecified atom stereocenters. The highest BCUT2D eigenvalue weighted by atomic mass is 14.9. The van der Waals surface area contributed by atoms with Crippen LogP contribution in [0.3, 0.4) is 0 Å². The van der Waals surface area contributed by atoms with E-state index in [1.54, 1.807) is 35.4 Å². The van der Waals surface area contributed by atoms with Crippen LogP contribution in [0.2, 0.25) is 0 Å². The van der Waals surface area contributed by atoms with Crippen molar-refractivity contribution in [1.82, 2.24) is 0 Å². The van der Waals surface area contributed by atoms with Gasteiger partial charge in [-0.1, -0.05) is 140 Å². The fourth-order valence-corrected chi connectivity index (χ4v) is 18.2. The Morgan fingerprint density at radius 2 is 0.773 bits per heavy atom. The number of pyridine rings is 4. The molecule has 0 saturated heterocycles. The highest BCUT2D eigenvalue weighted by molar-refractivity contribution is 5.68. The first-order chi connectivity index (χ1) is 44.7. The zero-order valence-corrected chi connectivity index (χ0v) is 57.1. The Kier molecular flexibility index (Phi) is 12.6. The lowest BCUT2D eigenvalue weighted by molar-refractivity contribution is -0.661. The molecule has 0 N–H and O–H groups in total. The van der Waals surface area contributed by atoms with Crippen molar-refractivity contribution >= 4 is 0 Å². The van der Waals surface area contributed by atoms with Crippen LogP contribution >= 0.6 is 0 Å². The Morgan fingerprint density at radius 1 is 0.386 bits per heavy atom. The van der Waals surface area contributed by atoms with Crippen molar-refractivity contribution in [2.45, 2.75) is 221 Å².